The molecule has 12 heteroatoms. The molecule has 2 spiro atoms. The fourth-order valence-corrected chi connectivity index (χ4v) is 12.0. The third kappa shape index (κ3) is 5.69. The molecule has 3 fully saturated rings. The number of benzene rings is 2. The topological polar surface area (TPSA) is 115 Å². The predicted octanol–water partition coefficient (Wildman–Crippen LogP) is 6.93. The Hall–Kier alpha value is -3.67. The van der Waals surface area contributed by atoms with Crippen molar-refractivity contribution in [3.63, 3.8) is 0 Å². The number of nitrogens with zero attached hydrogens (tertiary/aromatic N) is 4. The number of ether oxygens (including phenoxy) is 2. The molecule has 2 bridgehead atoms. The van der Waals surface area contributed by atoms with Crippen molar-refractivity contribution in [2.75, 3.05) is 37.5 Å². The summed E-state index contributed by atoms with van der Waals surface area (Å²) in [4.78, 5) is 30.0. The highest BCUT2D eigenvalue weighted by Crippen LogP contribution is 2.91. The number of rotatable bonds is 4. The van der Waals surface area contributed by atoms with Crippen LogP contribution in [0.3, 0.4) is 0 Å². The zero-order valence-electron chi connectivity index (χ0n) is 30.0. The van der Waals surface area contributed by atoms with E-state index in [0.29, 0.717) is 41.9 Å². The van der Waals surface area contributed by atoms with Crippen molar-refractivity contribution >= 4 is 39.0 Å². The van der Waals surface area contributed by atoms with Crippen LogP contribution in [0, 0.1) is 22.7 Å². The van der Waals surface area contributed by atoms with Gasteiger partial charge in [-0.25, -0.2) is 4.21 Å². The minimum atomic E-state index is -3.52. The maximum atomic E-state index is 14.6. The van der Waals surface area contributed by atoms with Crippen molar-refractivity contribution in [2.45, 2.75) is 76.4 Å². The maximum Gasteiger partial charge on any atom is 0.286 e. The molecule has 10 nitrogen and oxygen atoms in total. The van der Waals surface area contributed by atoms with Crippen molar-refractivity contribution in [3.05, 3.63) is 88.2 Å². The van der Waals surface area contributed by atoms with Gasteiger partial charge in [0, 0.05) is 53.7 Å². The average Bonchev–Trinajstić information content (AvgIpc) is 4.05. The van der Waals surface area contributed by atoms with Crippen LogP contribution in [0.2, 0.25) is 5.02 Å². The number of hydrogen-bond acceptors (Lipinski definition) is 7. The van der Waals surface area contributed by atoms with Gasteiger partial charge in [0.15, 0.2) is 0 Å². The normalized spacial score (nSPS) is 35.6. The molecule has 6 aliphatic rings. The van der Waals surface area contributed by atoms with E-state index in [0.717, 1.165) is 62.3 Å². The van der Waals surface area contributed by atoms with Gasteiger partial charge in [0.1, 0.15) is 15.7 Å². The Morgan fingerprint density at radius 3 is 2.81 bits per heavy atom. The number of halogens is 1. The molecule has 7 atom stereocenters. The third-order valence-electron chi connectivity index (χ3n) is 12.9. The first-order valence-corrected chi connectivity index (χ1v) is 20.7. The summed E-state index contributed by atoms with van der Waals surface area (Å²) in [5.74, 6) is -0.251. The quantitative estimate of drug-likeness (QED) is 0.288. The number of amides is 2. The van der Waals surface area contributed by atoms with Crippen molar-refractivity contribution < 1.29 is 23.3 Å². The van der Waals surface area contributed by atoms with Gasteiger partial charge in [-0.15, -0.1) is 4.36 Å². The largest absolute Gasteiger partial charge is 0.490 e. The van der Waals surface area contributed by atoms with E-state index in [2.05, 4.69) is 50.3 Å². The van der Waals surface area contributed by atoms with E-state index in [-0.39, 0.29) is 34.0 Å². The van der Waals surface area contributed by atoms with Gasteiger partial charge in [0.2, 0.25) is 0 Å². The van der Waals surface area contributed by atoms with Crippen LogP contribution in [0.5, 0.6) is 5.75 Å². The van der Waals surface area contributed by atoms with Crippen LogP contribution in [0.25, 0.3) is 0 Å². The van der Waals surface area contributed by atoms with Crippen molar-refractivity contribution in [1.29, 1.82) is 0 Å². The molecule has 3 saturated carbocycles. The lowest BCUT2D eigenvalue weighted by molar-refractivity contribution is 0.0894. The number of allylic oxidation sites excluding steroid dienone is 1. The second kappa shape index (κ2) is 12.2. The first-order chi connectivity index (χ1) is 24.9. The third-order valence-corrected chi connectivity index (χ3v) is 15.1. The number of carbonyl (C=O) groups is 2. The molecule has 0 radical (unpaired) electrons. The fourth-order valence-electron chi connectivity index (χ4n) is 9.87. The molecule has 2 aliphatic heterocycles. The van der Waals surface area contributed by atoms with Crippen LogP contribution in [0.1, 0.15) is 90.3 Å². The van der Waals surface area contributed by atoms with Gasteiger partial charge in [-0.2, -0.15) is 5.10 Å². The van der Waals surface area contributed by atoms with Crippen LogP contribution in [-0.4, -0.2) is 64.5 Å². The summed E-state index contributed by atoms with van der Waals surface area (Å²) >= 11 is 6.48. The highest BCUT2D eigenvalue weighted by molar-refractivity contribution is 7.92. The highest BCUT2D eigenvalue weighted by Gasteiger charge is 2.89. The van der Waals surface area contributed by atoms with Gasteiger partial charge in [0.05, 0.1) is 42.0 Å². The lowest BCUT2D eigenvalue weighted by Crippen LogP contribution is -2.47. The molecule has 3 aromatic rings. The standard InChI is InChI=1S/C40H46ClN5O5S/c1-25-6-4-8-34(50-3)35-38(2)21-40(35,38)23-45-22-39(15-5-7-26-16-29(41)10-13-31(26)39)24-51-33-14-9-27(17-32(33)45)36(47)43-52(49,20-25)44-37(48)28-18-42-46(19-28)30-11-12-30/h4,8-10,13-14,16-19,25,30,34-35H,5-7,11-12,15,20-24H2,1-3H3,(H,43,44,47,48,49)/b8-4+/t25-,34-,35+,38-,39-,40-,52?/m0/s1. The zero-order valence-corrected chi connectivity index (χ0v) is 31.5. The summed E-state index contributed by atoms with van der Waals surface area (Å²) < 4.78 is 36.2. The maximum absolute atomic E-state index is 14.6. The summed E-state index contributed by atoms with van der Waals surface area (Å²) in [5.41, 5.74) is 3.96. The Morgan fingerprint density at radius 1 is 1.17 bits per heavy atom. The minimum absolute atomic E-state index is 0.0143. The number of anilines is 1. The van der Waals surface area contributed by atoms with Crippen LogP contribution in [-0.2, 0) is 26.5 Å². The van der Waals surface area contributed by atoms with E-state index in [1.54, 1.807) is 24.1 Å². The lowest BCUT2D eigenvalue weighted by atomic mass is 9.70. The summed E-state index contributed by atoms with van der Waals surface area (Å²) in [7, 11) is -1.74. The molecule has 1 unspecified atom stereocenters. The number of nitrogens with one attached hydrogen (secondary N) is 1. The molecule has 4 aliphatic carbocycles. The van der Waals surface area contributed by atoms with Gasteiger partial charge in [-0.05, 0) is 97.7 Å². The molecule has 52 heavy (non-hydrogen) atoms. The van der Waals surface area contributed by atoms with Gasteiger partial charge >= 0.3 is 0 Å². The molecule has 3 heterocycles. The highest BCUT2D eigenvalue weighted by atomic mass is 35.5. The number of aryl methyl sites for hydroxylation is 1. The lowest BCUT2D eigenvalue weighted by Gasteiger charge is -2.41. The van der Waals surface area contributed by atoms with Gasteiger partial charge in [-0.1, -0.05) is 43.7 Å². The fraction of sp³-hybridized carbons (Fsp3) is 0.525. The van der Waals surface area contributed by atoms with E-state index < -0.39 is 21.7 Å². The first kappa shape index (κ1) is 34.1. The Labute approximate surface area is 310 Å². The predicted molar refractivity (Wildman–Crippen MR) is 200 cm³/mol. The number of fused-ring (bicyclic) bond motifs is 4. The van der Waals surface area contributed by atoms with Crippen molar-refractivity contribution in [1.82, 2.24) is 14.5 Å². The number of carbonyl (C=O) groups excluding carboxylic acids is 2. The minimum Gasteiger partial charge on any atom is -0.490 e. The van der Waals surface area contributed by atoms with E-state index in [1.807, 2.05) is 25.1 Å². The van der Waals surface area contributed by atoms with Gasteiger partial charge in [-0.3, -0.25) is 19.0 Å². The smallest absolute Gasteiger partial charge is 0.286 e. The van der Waals surface area contributed by atoms with E-state index >= 15 is 0 Å². The first-order valence-electron chi connectivity index (χ1n) is 18.6. The van der Waals surface area contributed by atoms with Crippen molar-refractivity contribution in [3.8, 4) is 5.75 Å². The van der Waals surface area contributed by atoms with Crippen LogP contribution >= 0.6 is 11.6 Å². The van der Waals surface area contributed by atoms with Crippen molar-refractivity contribution in [2.24, 2.45) is 27.0 Å². The summed E-state index contributed by atoms with van der Waals surface area (Å²) in [6, 6.07) is 12.0. The van der Waals surface area contributed by atoms with E-state index in [4.69, 9.17) is 21.1 Å². The van der Waals surface area contributed by atoms with Crippen LogP contribution < -0.4 is 14.4 Å². The second-order valence-electron chi connectivity index (χ2n) is 16.5. The summed E-state index contributed by atoms with van der Waals surface area (Å²) in [6.07, 6.45) is 14.1. The molecule has 274 valence electrons. The van der Waals surface area contributed by atoms with Gasteiger partial charge < -0.3 is 14.4 Å². The molecule has 1 aromatic heterocycles. The monoisotopic (exact) mass is 743 g/mol. The number of hydrogen-bond donors (Lipinski definition) is 1. The van der Waals surface area contributed by atoms with E-state index in [9.17, 15) is 13.8 Å². The van der Waals surface area contributed by atoms with E-state index in [1.165, 1.54) is 17.3 Å². The Kier molecular flexibility index (Phi) is 7.99. The SMILES string of the molecule is CO[C@H]1/C=C/C[C@H](C)CS(=O)(NC(=O)c2cnn(C3CC3)c2)=NC(=O)c2ccc3c(c2)N(C[C@@]2(CCCc4cc(Cl)ccc42)CO3)C[C@]23C[C@@]2(C)[C@@H]13. The van der Waals surface area contributed by atoms with Crippen LogP contribution in [0.15, 0.2) is 65.3 Å². The molecule has 2 aromatic carbocycles. The Balaban J connectivity index is 1.12. The number of aromatic nitrogens is 2. The van der Waals surface area contributed by atoms with Gasteiger partial charge in [0.25, 0.3) is 11.8 Å². The average molecular weight is 744 g/mol. The molecular formula is C40H46ClN5O5S. The summed E-state index contributed by atoms with van der Waals surface area (Å²) in [5, 5.41) is 5.07. The molecule has 2 amide bonds. The molecular weight excluding hydrogens is 698 g/mol. The molecule has 9 rings (SSSR count). The number of methoxy groups -OCH3 is 1. The zero-order chi connectivity index (χ0) is 36.0. The summed E-state index contributed by atoms with van der Waals surface area (Å²) in [6.45, 7) is 6.38. The second-order valence-corrected chi connectivity index (χ2v) is 19.0. The molecule has 1 N–H and O–H groups in total. The Morgan fingerprint density at radius 2 is 2.02 bits per heavy atom. The van der Waals surface area contributed by atoms with Crippen LogP contribution in [0.4, 0.5) is 5.69 Å². The Bertz CT molecular complexity index is 2140. The molecule has 0 saturated heterocycles.